The number of hydrazone groups is 1. The Hall–Kier alpha value is -2.14. The summed E-state index contributed by atoms with van der Waals surface area (Å²) in [6.45, 7) is 0.459. The molecule has 0 radical (unpaired) electrons. The van der Waals surface area contributed by atoms with E-state index in [0.717, 1.165) is 10.6 Å². The lowest BCUT2D eigenvalue weighted by molar-refractivity contribution is 0.0865. The average molecular weight is 257 g/mol. The van der Waals surface area contributed by atoms with Crippen molar-refractivity contribution in [2.75, 3.05) is 11.7 Å². The highest BCUT2D eigenvalue weighted by Crippen LogP contribution is 2.19. The molecule has 0 saturated heterocycles. The van der Waals surface area contributed by atoms with Gasteiger partial charge in [0.1, 0.15) is 13.0 Å². The molecule has 0 saturated carbocycles. The van der Waals surface area contributed by atoms with Gasteiger partial charge in [0, 0.05) is 0 Å². The molecule has 90 valence electrons. The van der Waals surface area contributed by atoms with Gasteiger partial charge in [-0.15, -0.1) is 11.3 Å². The Kier molecular flexibility index (Phi) is 2.82. The molecule has 1 aliphatic rings. The van der Waals surface area contributed by atoms with E-state index in [1.807, 2.05) is 47.8 Å². The van der Waals surface area contributed by atoms with Gasteiger partial charge in [-0.05, 0) is 23.6 Å². The van der Waals surface area contributed by atoms with Gasteiger partial charge >= 0.3 is 0 Å². The van der Waals surface area contributed by atoms with Gasteiger partial charge in [-0.3, -0.25) is 9.69 Å². The fourth-order valence-corrected chi connectivity index (χ4v) is 2.43. The normalized spacial score (nSPS) is 14.2. The minimum Gasteiger partial charge on any atom is -0.276 e. The van der Waals surface area contributed by atoms with Gasteiger partial charge in [0.25, 0.3) is 5.91 Å². The predicted molar refractivity (Wildman–Crippen MR) is 72.8 cm³/mol. The summed E-state index contributed by atoms with van der Waals surface area (Å²) in [6, 6.07) is 13.5. The van der Waals surface area contributed by atoms with Crippen molar-refractivity contribution in [2.24, 2.45) is 5.10 Å². The Labute approximate surface area is 109 Å². The van der Waals surface area contributed by atoms with E-state index in [0.29, 0.717) is 6.67 Å². The molecule has 0 bridgehead atoms. The van der Waals surface area contributed by atoms with E-state index in [1.165, 1.54) is 11.3 Å². The number of nitrogens with zero attached hydrogens (tertiary/aromatic N) is 3. The lowest BCUT2D eigenvalue weighted by Gasteiger charge is -2.17. The summed E-state index contributed by atoms with van der Waals surface area (Å²) in [6.07, 6.45) is 1.58. The third kappa shape index (κ3) is 2.00. The van der Waals surface area contributed by atoms with Crippen LogP contribution in [0.4, 0.5) is 5.69 Å². The van der Waals surface area contributed by atoms with E-state index >= 15 is 0 Å². The second-order valence-electron chi connectivity index (χ2n) is 3.86. The highest BCUT2D eigenvalue weighted by Gasteiger charge is 2.22. The summed E-state index contributed by atoms with van der Waals surface area (Å²) >= 11 is 1.44. The average Bonchev–Trinajstić information content (AvgIpc) is 3.10. The Balaban J connectivity index is 1.74. The molecular formula is C13H11N3OS. The maximum atomic E-state index is 12.1. The first-order chi connectivity index (χ1) is 8.84. The first kappa shape index (κ1) is 11.0. The van der Waals surface area contributed by atoms with E-state index in [-0.39, 0.29) is 5.91 Å². The van der Waals surface area contributed by atoms with Gasteiger partial charge in [-0.25, -0.2) is 5.01 Å². The number of anilines is 1. The van der Waals surface area contributed by atoms with Crippen molar-refractivity contribution in [3.8, 4) is 0 Å². The van der Waals surface area contributed by atoms with Crippen LogP contribution < -0.4 is 5.01 Å². The molecule has 4 nitrogen and oxygen atoms in total. The standard InChI is InChI=1S/C13H11N3OS/c17-13(12-7-4-8-18-12)15-9-14-16(10-15)11-5-2-1-3-6-11/h1-9H,10H2. The third-order valence-corrected chi connectivity index (χ3v) is 3.52. The highest BCUT2D eigenvalue weighted by atomic mass is 32.1. The van der Waals surface area contributed by atoms with Crippen molar-refractivity contribution >= 4 is 29.3 Å². The van der Waals surface area contributed by atoms with E-state index < -0.39 is 0 Å². The molecule has 1 aromatic carbocycles. The monoisotopic (exact) mass is 257 g/mol. The molecule has 2 aromatic rings. The summed E-state index contributed by atoms with van der Waals surface area (Å²) in [5.74, 6) is -0.00724. The fourth-order valence-electron chi connectivity index (χ4n) is 1.75. The second-order valence-corrected chi connectivity index (χ2v) is 4.81. The van der Waals surface area contributed by atoms with Crippen molar-refractivity contribution in [3.05, 3.63) is 52.7 Å². The molecular weight excluding hydrogens is 246 g/mol. The first-order valence-electron chi connectivity index (χ1n) is 5.56. The number of hydrogen-bond donors (Lipinski definition) is 0. The summed E-state index contributed by atoms with van der Waals surface area (Å²) in [5.41, 5.74) is 0.982. The number of rotatable bonds is 2. The molecule has 1 aromatic heterocycles. The second kappa shape index (κ2) is 4.62. The molecule has 2 heterocycles. The van der Waals surface area contributed by atoms with E-state index in [4.69, 9.17) is 0 Å². The van der Waals surface area contributed by atoms with Crippen molar-refractivity contribution in [3.63, 3.8) is 0 Å². The van der Waals surface area contributed by atoms with Gasteiger partial charge in [0.05, 0.1) is 10.6 Å². The Morgan fingerprint density at radius 3 is 2.72 bits per heavy atom. The molecule has 18 heavy (non-hydrogen) atoms. The predicted octanol–water partition coefficient (Wildman–Crippen LogP) is 2.61. The van der Waals surface area contributed by atoms with Gasteiger partial charge in [0.15, 0.2) is 0 Å². The maximum Gasteiger partial charge on any atom is 0.270 e. The van der Waals surface area contributed by atoms with Crippen molar-refractivity contribution < 1.29 is 4.79 Å². The molecule has 5 heteroatoms. The summed E-state index contributed by atoms with van der Waals surface area (Å²) in [4.78, 5) is 14.4. The molecule has 0 unspecified atom stereocenters. The topological polar surface area (TPSA) is 35.9 Å². The lowest BCUT2D eigenvalue weighted by Crippen LogP contribution is -2.31. The zero-order valence-electron chi connectivity index (χ0n) is 9.56. The molecule has 0 fully saturated rings. The number of amides is 1. The van der Waals surface area contributed by atoms with Crippen LogP contribution in [0.5, 0.6) is 0 Å². The smallest absolute Gasteiger partial charge is 0.270 e. The van der Waals surface area contributed by atoms with Gasteiger partial charge in [0.2, 0.25) is 0 Å². The number of carbonyl (C=O) groups excluding carboxylic acids is 1. The first-order valence-corrected chi connectivity index (χ1v) is 6.44. The molecule has 3 rings (SSSR count). The zero-order chi connectivity index (χ0) is 12.4. The summed E-state index contributed by atoms with van der Waals surface area (Å²) in [5, 5.41) is 7.93. The third-order valence-electron chi connectivity index (χ3n) is 2.66. The van der Waals surface area contributed by atoms with Crippen LogP contribution in [-0.2, 0) is 0 Å². The Morgan fingerprint density at radius 2 is 2.00 bits per heavy atom. The van der Waals surface area contributed by atoms with Crippen LogP contribution >= 0.6 is 11.3 Å². The molecule has 0 atom stereocenters. The van der Waals surface area contributed by atoms with Crippen LogP contribution in [0.25, 0.3) is 0 Å². The number of carbonyl (C=O) groups is 1. The van der Waals surface area contributed by atoms with Crippen LogP contribution in [-0.4, -0.2) is 23.8 Å². The lowest BCUT2D eigenvalue weighted by atomic mass is 10.3. The van der Waals surface area contributed by atoms with Crippen LogP contribution in [0.1, 0.15) is 9.67 Å². The van der Waals surface area contributed by atoms with E-state index in [1.54, 1.807) is 16.2 Å². The van der Waals surface area contributed by atoms with Crippen molar-refractivity contribution in [2.45, 2.75) is 0 Å². The van der Waals surface area contributed by atoms with Crippen LogP contribution in [0.2, 0.25) is 0 Å². The SMILES string of the molecule is O=C(c1cccs1)N1C=NN(c2ccccc2)C1. The van der Waals surface area contributed by atoms with Gasteiger partial charge in [-0.2, -0.15) is 5.10 Å². The number of thiophene rings is 1. The molecule has 0 spiro atoms. The molecule has 0 N–H and O–H groups in total. The van der Waals surface area contributed by atoms with E-state index in [2.05, 4.69) is 5.10 Å². The van der Waals surface area contributed by atoms with Crippen LogP contribution in [0.3, 0.4) is 0 Å². The van der Waals surface area contributed by atoms with E-state index in [9.17, 15) is 4.79 Å². The Bertz CT molecular complexity index is 565. The highest BCUT2D eigenvalue weighted by molar-refractivity contribution is 7.12. The molecule has 0 aliphatic carbocycles. The number of para-hydroxylation sites is 1. The number of benzene rings is 1. The summed E-state index contributed by atoms with van der Waals surface area (Å²) < 4.78 is 0. The van der Waals surface area contributed by atoms with Crippen LogP contribution in [0.15, 0.2) is 52.9 Å². The fraction of sp³-hybridized carbons (Fsp3) is 0.0769. The number of hydrogen-bond acceptors (Lipinski definition) is 4. The summed E-state index contributed by atoms with van der Waals surface area (Å²) in [7, 11) is 0. The largest absolute Gasteiger partial charge is 0.276 e. The van der Waals surface area contributed by atoms with Crippen molar-refractivity contribution in [1.82, 2.24) is 4.90 Å². The molecule has 1 amide bonds. The maximum absolute atomic E-state index is 12.1. The van der Waals surface area contributed by atoms with Crippen molar-refractivity contribution in [1.29, 1.82) is 0 Å². The van der Waals surface area contributed by atoms with Crippen LogP contribution in [0, 0.1) is 0 Å². The van der Waals surface area contributed by atoms with Gasteiger partial charge in [-0.1, -0.05) is 24.3 Å². The van der Waals surface area contributed by atoms with Gasteiger partial charge < -0.3 is 0 Å². The zero-order valence-corrected chi connectivity index (χ0v) is 10.4. The quantitative estimate of drug-likeness (QED) is 0.829. The minimum absolute atomic E-state index is 0.00724. The Morgan fingerprint density at radius 1 is 1.17 bits per heavy atom. The molecule has 1 aliphatic heterocycles. The minimum atomic E-state index is -0.00724.